The molecule has 1 aromatic rings. The molecule has 19 heavy (non-hydrogen) atoms. The highest BCUT2D eigenvalue weighted by Crippen LogP contribution is 2.39. The molecule has 1 amide bonds. The topological polar surface area (TPSA) is 55.1 Å². The minimum Gasteiger partial charge on any atom is -0.345 e. The van der Waals surface area contributed by atoms with Gasteiger partial charge in [0.05, 0.1) is 11.1 Å². The second-order valence-electron chi connectivity index (χ2n) is 4.97. The molecule has 0 bridgehead atoms. The number of carbonyl (C=O) groups excluding carboxylic acids is 1. The van der Waals surface area contributed by atoms with Gasteiger partial charge < -0.3 is 11.1 Å². The van der Waals surface area contributed by atoms with Gasteiger partial charge >= 0.3 is 0 Å². The quantitative estimate of drug-likeness (QED) is 0.898. The number of halogens is 3. The molecule has 0 aliphatic heterocycles. The van der Waals surface area contributed by atoms with Crippen molar-refractivity contribution >= 4 is 29.9 Å². The molecule has 0 spiro atoms. The monoisotopic (exact) mass is 306 g/mol. The zero-order chi connectivity index (χ0) is 13.3. The first-order valence-electron chi connectivity index (χ1n) is 5.94. The maximum Gasteiger partial charge on any atom is 0.254 e. The minimum atomic E-state index is -0.577. The van der Waals surface area contributed by atoms with Crippen LogP contribution in [0.5, 0.6) is 0 Å². The van der Waals surface area contributed by atoms with E-state index in [2.05, 4.69) is 5.32 Å². The van der Waals surface area contributed by atoms with Crippen LogP contribution in [0.1, 0.15) is 30.1 Å². The van der Waals surface area contributed by atoms with Gasteiger partial charge in [-0.25, -0.2) is 4.39 Å². The van der Waals surface area contributed by atoms with Gasteiger partial charge in [0.15, 0.2) is 0 Å². The van der Waals surface area contributed by atoms with Crippen molar-refractivity contribution in [1.82, 2.24) is 5.32 Å². The summed E-state index contributed by atoms with van der Waals surface area (Å²) < 4.78 is 13.6. The maximum atomic E-state index is 13.6. The van der Waals surface area contributed by atoms with Gasteiger partial charge in [-0.3, -0.25) is 4.79 Å². The first-order valence-corrected chi connectivity index (χ1v) is 6.32. The third kappa shape index (κ3) is 3.59. The van der Waals surface area contributed by atoms with Crippen LogP contribution in [0.25, 0.3) is 0 Å². The SMILES string of the molecule is CC(CN)(NC(=O)c1cc(Cl)ccc1F)C1CC1.Cl. The lowest BCUT2D eigenvalue weighted by molar-refractivity contribution is 0.0893. The van der Waals surface area contributed by atoms with E-state index in [1.807, 2.05) is 6.92 Å². The third-order valence-corrected chi connectivity index (χ3v) is 3.71. The Morgan fingerprint density at radius 1 is 1.58 bits per heavy atom. The number of hydrogen-bond acceptors (Lipinski definition) is 2. The Morgan fingerprint density at radius 2 is 2.21 bits per heavy atom. The number of nitrogens with one attached hydrogen (secondary N) is 1. The van der Waals surface area contributed by atoms with Gasteiger partial charge in [-0.2, -0.15) is 0 Å². The average molecular weight is 307 g/mol. The standard InChI is InChI=1S/C13H16ClFN2O.ClH/c1-13(7-16,8-2-3-8)17-12(18)10-6-9(14)4-5-11(10)15;/h4-6,8H,2-3,7,16H2,1H3,(H,17,18);1H. The second-order valence-corrected chi connectivity index (χ2v) is 5.41. The van der Waals surface area contributed by atoms with Crippen molar-refractivity contribution in [2.45, 2.75) is 25.3 Å². The summed E-state index contributed by atoms with van der Waals surface area (Å²) in [5, 5.41) is 3.16. The molecule has 0 radical (unpaired) electrons. The van der Waals surface area contributed by atoms with Crippen LogP contribution in [0.3, 0.4) is 0 Å². The summed E-state index contributed by atoms with van der Waals surface area (Å²) in [6.45, 7) is 2.23. The van der Waals surface area contributed by atoms with E-state index in [1.54, 1.807) is 0 Å². The van der Waals surface area contributed by atoms with Crippen molar-refractivity contribution in [1.29, 1.82) is 0 Å². The van der Waals surface area contributed by atoms with E-state index in [1.165, 1.54) is 18.2 Å². The van der Waals surface area contributed by atoms with Gasteiger partial charge in [0.25, 0.3) is 5.91 Å². The molecule has 1 atom stereocenters. The summed E-state index contributed by atoms with van der Waals surface area (Å²) in [4.78, 5) is 12.1. The number of rotatable bonds is 4. The molecule has 3 N–H and O–H groups in total. The van der Waals surface area contributed by atoms with Crippen molar-refractivity contribution in [2.75, 3.05) is 6.54 Å². The van der Waals surface area contributed by atoms with E-state index in [9.17, 15) is 9.18 Å². The molecule has 1 aliphatic rings. The zero-order valence-electron chi connectivity index (χ0n) is 10.6. The van der Waals surface area contributed by atoms with Crippen molar-refractivity contribution < 1.29 is 9.18 Å². The molecule has 106 valence electrons. The summed E-state index contributed by atoms with van der Waals surface area (Å²) in [6, 6.07) is 3.93. The fraction of sp³-hybridized carbons (Fsp3) is 0.462. The molecule has 0 heterocycles. The fourth-order valence-electron chi connectivity index (χ4n) is 2.04. The van der Waals surface area contributed by atoms with Gasteiger partial charge in [-0.15, -0.1) is 12.4 Å². The lowest BCUT2D eigenvalue weighted by atomic mass is 9.95. The van der Waals surface area contributed by atoms with Gasteiger partial charge in [0, 0.05) is 11.6 Å². The molecule has 0 saturated heterocycles. The van der Waals surface area contributed by atoms with E-state index in [0.29, 0.717) is 17.5 Å². The number of hydrogen-bond donors (Lipinski definition) is 2. The van der Waals surface area contributed by atoms with Crippen molar-refractivity contribution in [3.05, 3.63) is 34.6 Å². The number of nitrogens with two attached hydrogens (primary N) is 1. The highest BCUT2D eigenvalue weighted by Gasteiger charge is 2.41. The molecule has 2 rings (SSSR count). The summed E-state index contributed by atoms with van der Waals surface area (Å²) in [5.74, 6) is -0.657. The molecular weight excluding hydrogens is 290 g/mol. The molecule has 3 nitrogen and oxygen atoms in total. The van der Waals surface area contributed by atoms with Gasteiger partial charge in [0.1, 0.15) is 5.82 Å². The largest absolute Gasteiger partial charge is 0.345 e. The molecule has 1 aromatic carbocycles. The minimum absolute atomic E-state index is 0. The van der Waals surface area contributed by atoms with Crippen molar-refractivity contribution in [2.24, 2.45) is 11.7 Å². The number of benzene rings is 1. The lowest BCUT2D eigenvalue weighted by Gasteiger charge is -2.29. The molecule has 1 aliphatic carbocycles. The van der Waals surface area contributed by atoms with E-state index in [0.717, 1.165) is 12.8 Å². The highest BCUT2D eigenvalue weighted by atomic mass is 35.5. The van der Waals surface area contributed by atoms with Crippen LogP contribution in [0.15, 0.2) is 18.2 Å². The zero-order valence-corrected chi connectivity index (χ0v) is 12.2. The Balaban J connectivity index is 0.00000180. The first kappa shape index (κ1) is 16.2. The molecular formula is C13H17Cl2FN2O. The Bertz CT molecular complexity index is 480. The van der Waals surface area contributed by atoms with Crippen LogP contribution in [0.2, 0.25) is 5.02 Å². The summed E-state index contributed by atoms with van der Waals surface area (Å²) in [5.41, 5.74) is 5.20. The Kier molecular flexibility index (Phi) is 5.18. The summed E-state index contributed by atoms with van der Waals surface area (Å²) in [7, 11) is 0. The predicted octanol–water partition coefficient (Wildman–Crippen LogP) is 2.76. The smallest absolute Gasteiger partial charge is 0.254 e. The van der Waals surface area contributed by atoms with E-state index < -0.39 is 17.3 Å². The van der Waals surface area contributed by atoms with E-state index >= 15 is 0 Å². The van der Waals surface area contributed by atoms with Gasteiger partial charge in [0.2, 0.25) is 0 Å². The third-order valence-electron chi connectivity index (χ3n) is 3.47. The highest BCUT2D eigenvalue weighted by molar-refractivity contribution is 6.31. The summed E-state index contributed by atoms with van der Waals surface area (Å²) in [6.07, 6.45) is 2.10. The van der Waals surface area contributed by atoms with Crippen molar-refractivity contribution in [3.8, 4) is 0 Å². The lowest BCUT2D eigenvalue weighted by Crippen LogP contribution is -2.53. The van der Waals surface area contributed by atoms with Gasteiger partial charge in [-0.1, -0.05) is 11.6 Å². The second kappa shape index (κ2) is 6.07. The predicted molar refractivity (Wildman–Crippen MR) is 76.3 cm³/mol. The van der Waals surface area contributed by atoms with E-state index in [-0.39, 0.29) is 18.0 Å². The fourth-order valence-corrected chi connectivity index (χ4v) is 2.21. The Hall–Kier alpha value is -0.840. The maximum absolute atomic E-state index is 13.6. The van der Waals surface area contributed by atoms with Crippen LogP contribution in [0, 0.1) is 11.7 Å². The Morgan fingerprint density at radius 3 is 2.74 bits per heavy atom. The summed E-state index contributed by atoms with van der Waals surface area (Å²) >= 11 is 5.77. The molecule has 1 saturated carbocycles. The number of carbonyl (C=O) groups is 1. The normalized spacial score (nSPS) is 17.3. The Labute approximate surface area is 123 Å². The van der Waals surface area contributed by atoms with Crippen LogP contribution >= 0.6 is 24.0 Å². The average Bonchev–Trinajstić information content (AvgIpc) is 3.16. The van der Waals surface area contributed by atoms with Crippen LogP contribution in [0.4, 0.5) is 4.39 Å². The van der Waals surface area contributed by atoms with Crippen LogP contribution in [-0.2, 0) is 0 Å². The first-order chi connectivity index (χ1) is 8.46. The van der Waals surface area contributed by atoms with Gasteiger partial charge in [-0.05, 0) is 43.9 Å². The number of amides is 1. The van der Waals surface area contributed by atoms with Crippen LogP contribution in [-0.4, -0.2) is 18.0 Å². The molecule has 6 heteroatoms. The molecule has 0 aromatic heterocycles. The molecule has 1 fully saturated rings. The van der Waals surface area contributed by atoms with Crippen LogP contribution < -0.4 is 11.1 Å². The molecule has 1 unspecified atom stereocenters. The van der Waals surface area contributed by atoms with E-state index in [4.69, 9.17) is 17.3 Å². The van der Waals surface area contributed by atoms with Crippen molar-refractivity contribution in [3.63, 3.8) is 0 Å².